The van der Waals surface area contributed by atoms with Gasteiger partial charge in [0.05, 0.1) is 18.1 Å². The summed E-state index contributed by atoms with van der Waals surface area (Å²) >= 11 is 0. The molecule has 0 bridgehead atoms. The zero-order valence-corrected chi connectivity index (χ0v) is 9.71. The molecule has 1 heterocycles. The van der Waals surface area contributed by atoms with Crippen molar-refractivity contribution in [2.24, 2.45) is 5.41 Å². The summed E-state index contributed by atoms with van der Waals surface area (Å²) in [5, 5.41) is 9.41. The van der Waals surface area contributed by atoms with Crippen molar-refractivity contribution in [3.63, 3.8) is 0 Å². The summed E-state index contributed by atoms with van der Waals surface area (Å²) in [7, 11) is 0. The lowest BCUT2D eigenvalue weighted by atomic mass is 9.88. The number of nitriles is 1. The van der Waals surface area contributed by atoms with Crippen molar-refractivity contribution < 1.29 is 4.74 Å². The molecule has 1 aliphatic carbocycles. The van der Waals surface area contributed by atoms with Gasteiger partial charge in [-0.25, -0.2) is 0 Å². The van der Waals surface area contributed by atoms with Crippen LogP contribution >= 0.6 is 0 Å². The second-order valence-electron chi connectivity index (χ2n) is 5.50. The third-order valence-corrected chi connectivity index (χ3v) is 4.11. The molecule has 0 aromatic heterocycles. The van der Waals surface area contributed by atoms with Crippen molar-refractivity contribution in [2.45, 2.75) is 32.1 Å². The molecule has 0 amide bonds. The van der Waals surface area contributed by atoms with E-state index >= 15 is 0 Å². The molecule has 82 valence electrons. The lowest BCUT2D eigenvalue weighted by Gasteiger charge is -2.13. The van der Waals surface area contributed by atoms with E-state index in [2.05, 4.69) is 32.0 Å². The summed E-state index contributed by atoms with van der Waals surface area (Å²) in [4.78, 5) is 0. The maximum absolute atomic E-state index is 9.41. The molecule has 2 nitrogen and oxygen atoms in total. The van der Waals surface area contributed by atoms with E-state index in [1.165, 1.54) is 11.1 Å². The topological polar surface area (TPSA) is 33.0 Å². The van der Waals surface area contributed by atoms with Crippen molar-refractivity contribution in [1.82, 2.24) is 0 Å². The number of hydrogen-bond donors (Lipinski definition) is 0. The van der Waals surface area contributed by atoms with E-state index in [4.69, 9.17) is 4.74 Å². The Morgan fingerprint density at radius 1 is 1.38 bits per heavy atom. The molecule has 1 aromatic carbocycles. The summed E-state index contributed by atoms with van der Waals surface area (Å²) in [6.45, 7) is 5.11. The van der Waals surface area contributed by atoms with Gasteiger partial charge in [0.1, 0.15) is 5.75 Å². The Morgan fingerprint density at radius 2 is 2.12 bits per heavy atom. The number of fused-ring (bicyclic) bond motifs is 1. The highest BCUT2D eigenvalue weighted by Gasteiger charge is 2.63. The first-order valence-corrected chi connectivity index (χ1v) is 5.77. The Hall–Kier alpha value is -1.49. The number of nitrogens with zero attached hydrogens (tertiary/aromatic N) is 1. The van der Waals surface area contributed by atoms with Crippen LogP contribution in [0.3, 0.4) is 0 Å². The SMILES string of the molecule is CC1(C)CC1(C#N)c1ccc2c(c1)CCO2. The average Bonchev–Trinajstić information content (AvgIpc) is 2.63. The van der Waals surface area contributed by atoms with Crippen molar-refractivity contribution in [3.8, 4) is 11.8 Å². The van der Waals surface area contributed by atoms with Gasteiger partial charge in [-0.05, 0) is 29.0 Å². The predicted molar refractivity (Wildman–Crippen MR) is 61.3 cm³/mol. The second-order valence-corrected chi connectivity index (χ2v) is 5.50. The van der Waals surface area contributed by atoms with Gasteiger partial charge >= 0.3 is 0 Å². The Balaban J connectivity index is 2.06. The Bertz CT molecular complexity index is 498. The minimum atomic E-state index is -0.259. The molecule has 0 spiro atoms. The molecule has 0 radical (unpaired) electrons. The third kappa shape index (κ3) is 1.06. The zero-order chi connectivity index (χ0) is 11.4. The number of rotatable bonds is 1. The third-order valence-electron chi connectivity index (χ3n) is 4.11. The molecule has 1 aliphatic heterocycles. The van der Waals surface area contributed by atoms with E-state index in [1.807, 2.05) is 6.07 Å². The van der Waals surface area contributed by atoms with Crippen LogP contribution in [0.25, 0.3) is 0 Å². The van der Waals surface area contributed by atoms with Gasteiger partial charge in [-0.2, -0.15) is 5.26 Å². The minimum absolute atomic E-state index is 0.120. The van der Waals surface area contributed by atoms with E-state index in [-0.39, 0.29) is 10.8 Å². The van der Waals surface area contributed by atoms with Gasteiger partial charge in [0, 0.05) is 6.42 Å². The molecular weight excluding hydrogens is 198 g/mol. The number of ether oxygens (including phenoxy) is 1. The van der Waals surface area contributed by atoms with Crippen molar-refractivity contribution in [3.05, 3.63) is 29.3 Å². The van der Waals surface area contributed by atoms with E-state index in [9.17, 15) is 5.26 Å². The molecule has 16 heavy (non-hydrogen) atoms. The Labute approximate surface area is 95.8 Å². The maximum atomic E-state index is 9.41. The number of benzene rings is 1. The fourth-order valence-corrected chi connectivity index (χ4v) is 2.82. The fraction of sp³-hybridized carbons (Fsp3) is 0.500. The maximum Gasteiger partial charge on any atom is 0.122 e. The van der Waals surface area contributed by atoms with E-state index in [1.54, 1.807) is 0 Å². The van der Waals surface area contributed by atoms with Crippen LogP contribution in [0, 0.1) is 16.7 Å². The van der Waals surface area contributed by atoms with Crippen LogP contribution in [0.5, 0.6) is 5.75 Å². The summed E-state index contributed by atoms with van der Waals surface area (Å²) in [5.41, 5.74) is 2.29. The smallest absolute Gasteiger partial charge is 0.122 e. The Kier molecular flexibility index (Phi) is 1.70. The van der Waals surface area contributed by atoms with E-state index in [0.29, 0.717) is 0 Å². The molecule has 3 rings (SSSR count). The van der Waals surface area contributed by atoms with Crippen LogP contribution in [-0.4, -0.2) is 6.61 Å². The first kappa shape index (κ1) is 9.72. The molecule has 0 saturated heterocycles. The first-order valence-electron chi connectivity index (χ1n) is 5.77. The molecule has 1 saturated carbocycles. The van der Waals surface area contributed by atoms with Gasteiger partial charge in [0.25, 0.3) is 0 Å². The van der Waals surface area contributed by atoms with Crippen LogP contribution in [0.4, 0.5) is 0 Å². The van der Waals surface area contributed by atoms with Crippen LogP contribution in [-0.2, 0) is 11.8 Å². The standard InChI is InChI=1S/C14H15NO/c1-13(2)8-14(13,9-15)11-3-4-12-10(7-11)5-6-16-12/h3-4,7H,5-6,8H2,1-2H3. The molecular formula is C14H15NO. The summed E-state index contributed by atoms with van der Waals surface area (Å²) in [6.07, 6.45) is 1.95. The first-order chi connectivity index (χ1) is 7.59. The van der Waals surface area contributed by atoms with Crippen LogP contribution in [0.2, 0.25) is 0 Å². The van der Waals surface area contributed by atoms with Gasteiger partial charge in [-0.15, -0.1) is 0 Å². The van der Waals surface area contributed by atoms with Gasteiger partial charge in [0.15, 0.2) is 0 Å². The van der Waals surface area contributed by atoms with Crippen molar-refractivity contribution in [2.75, 3.05) is 6.61 Å². The summed E-state index contributed by atoms with van der Waals surface area (Å²) < 4.78 is 5.49. The van der Waals surface area contributed by atoms with Crippen LogP contribution in [0.1, 0.15) is 31.4 Å². The van der Waals surface area contributed by atoms with Crippen LogP contribution < -0.4 is 4.74 Å². The highest BCUT2D eigenvalue weighted by Crippen LogP contribution is 2.64. The molecule has 1 fully saturated rings. The van der Waals surface area contributed by atoms with E-state index in [0.717, 1.165) is 25.2 Å². The molecule has 2 aliphatic rings. The van der Waals surface area contributed by atoms with Gasteiger partial charge in [0.2, 0.25) is 0 Å². The largest absolute Gasteiger partial charge is 0.493 e. The van der Waals surface area contributed by atoms with Crippen molar-refractivity contribution >= 4 is 0 Å². The minimum Gasteiger partial charge on any atom is -0.493 e. The highest BCUT2D eigenvalue weighted by molar-refractivity contribution is 5.50. The highest BCUT2D eigenvalue weighted by atomic mass is 16.5. The summed E-state index contributed by atoms with van der Waals surface area (Å²) in [5.74, 6) is 0.996. The fourth-order valence-electron chi connectivity index (χ4n) is 2.82. The summed E-state index contributed by atoms with van der Waals surface area (Å²) in [6, 6.07) is 8.75. The molecule has 2 heteroatoms. The van der Waals surface area contributed by atoms with E-state index < -0.39 is 0 Å². The monoisotopic (exact) mass is 213 g/mol. The predicted octanol–water partition coefficient (Wildman–Crippen LogP) is 2.81. The molecule has 1 unspecified atom stereocenters. The Morgan fingerprint density at radius 3 is 2.75 bits per heavy atom. The van der Waals surface area contributed by atoms with Gasteiger partial charge in [-0.1, -0.05) is 26.0 Å². The lowest BCUT2D eigenvalue weighted by molar-refractivity contribution is 0.356. The zero-order valence-electron chi connectivity index (χ0n) is 9.71. The molecule has 1 atom stereocenters. The second kappa shape index (κ2) is 2.79. The van der Waals surface area contributed by atoms with Crippen molar-refractivity contribution in [1.29, 1.82) is 5.26 Å². The quantitative estimate of drug-likeness (QED) is 0.718. The van der Waals surface area contributed by atoms with Gasteiger partial charge in [-0.3, -0.25) is 0 Å². The molecule has 0 N–H and O–H groups in total. The lowest BCUT2D eigenvalue weighted by Crippen LogP contribution is -2.11. The molecule has 1 aromatic rings. The average molecular weight is 213 g/mol. The number of hydrogen-bond acceptors (Lipinski definition) is 2. The van der Waals surface area contributed by atoms with Crippen LogP contribution in [0.15, 0.2) is 18.2 Å². The van der Waals surface area contributed by atoms with Gasteiger partial charge < -0.3 is 4.74 Å². The normalized spacial score (nSPS) is 29.1.